The molecule has 3 heteroatoms. The summed E-state index contributed by atoms with van der Waals surface area (Å²) in [5.41, 5.74) is 6.27. The predicted molar refractivity (Wildman–Crippen MR) is 43.7 cm³/mol. The van der Waals surface area contributed by atoms with Crippen LogP contribution in [0.2, 0.25) is 0 Å². The summed E-state index contributed by atoms with van der Waals surface area (Å²) in [6.07, 6.45) is 0.469. The van der Waals surface area contributed by atoms with Crippen LogP contribution in [0.15, 0.2) is 24.3 Å². The third kappa shape index (κ3) is 2.33. The summed E-state index contributed by atoms with van der Waals surface area (Å²) < 4.78 is 12.4. The van der Waals surface area contributed by atoms with E-state index in [1.165, 1.54) is 12.1 Å². The van der Waals surface area contributed by atoms with Gasteiger partial charge in [0.2, 0.25) is 0 Å². The molecule has 0 aromatic heterocycles. The molecule has 0 spiro atoms. The molecular formula is C9H9FN2. The SMILES string of the molecule is N#CC(N)Cc1ccc(F)cc1. The van der Waals surface area contributed by atoms with Crippen LogP contribution in [-0.2, 0) is 6.42 Å². The van der Waals surface area contributed by atoms with Gasteiger partial charge >= 0.3 is 0 Å². The Morgan fingerprint density at radius 1 is 1.42 bits per heavy atom. The van der Waals surface area contributed by atoms with Crippen molar-refractivity contribution < 1.29 is 4.39 Å². The maximum atomic E-state index is 12.4. The molecular weight excluding hydrogens is 155 g/mol. The van der Waals surface area contributed by atoms with Crippen LogP contribution in [-0.4, -0.2) is 6.04 Å². The van der Waals surface area contributed by atoms with Crippen LogP contribution in [0.4, 0.5) is 4.39 Å². The monoisotopic (exact) mass is 164 g/mol. The van der Waals surface area contributed by atoms with Crippen LogP contribution in [0.3, 0.4) is 0 Å². The molecule has 2 N–H and O–H groups in total. The molecule has 0 fully saturated rings. The number of hydrogen-bond acceptors (Lipinski definition) is 2. The van der Waals surface area contributed by atoms with E-state index in [2.05, 4.69) is 0 Å². The van der Waals surface area contributed by atoms with Gasteiger partial charge in [-0.25, -0.2) is 4.39 Å². The zero-order valence-corrected chi connectivity index (χ0v) is 6.50. The van der Waals surface area contributed by atoms with E-state index in [0.717, 1.165) is 5.56 Å². The molecule has 1 rings (SSSR count). The van der Waals surface area contributed by atoms with E-state index in [9.17, 15) is 4.39 Å². The van der Waals surface area contributed by atoms with Crippen molar-refractivity contribution in [1.29, 1.82) is 5.26 Å². The van der Waals surface area contributed by atoms with Gasteiger partial charge in [-0.05, 0) is 17.7 Å². The summed E-state index contributed by atoms with van der Waals surface area (Å²) in [5.74, 6) is -0.274. The van der Waals surface area contributed by atoms with Crippen molar-refractivity contribution in [3.8, 4) is 6.07 Å². The molecule has 1 aromatic rings. The Morgan fingerprint density at radius 3 is 2.50 bits per heavy atom. The lowest BCUT2D eigenvalue weighted by molar-refractivity contribution is 0.626. The lowest BCUT2D eigenvalue weighted by atomic mass is 10.1. The van der Waals surface area contributed by atoms with Gasteiger partial charge in [-0.3, -0.25) is 0 Å². The highest BCUT2D eigenvalue weighted by Gasteiger charge is 2.01. The Balaban J connectivity index is 2.66. The predicted octanol–water partition coefficient (Wildman–Crippen LogP) is 1.22. The summed E-state index contributed by atoms with van der Waals surface area (Å²) in [5, 5.41) is 8.40. The maximum absolute atomic E-state index is 12.4. The van der Waals surface area contributed by atoms with E-state index in [1.807, 2.05) is 6.07 Å². The Hall–Kier alpha value is -1.40. The number of hydrogen-bond donors (Lipinski definition) is 1. The van der Waals surface area contributed by atoms with Crippen LogP contribution < -0.4 is 5.73 Å². The van der Waals surface area contributed by atoms with Crippen molar-refractivity contribution in [2.75, 3.05) is 0 Å². The van der Waals surface area contributed by atoms with Gasteiger partial charge in [-0.2, -0.15) is 5.26 Å². The van der Waals surface area contributed by atoms with Gasteiger partial charge in [0, 0.05) is 6.42 Å². The van der Waals surface area contributed by atoms with Gasteiger partial charge in [-0.15, -0.1) is 0 Å². The normalized spacial score (nSPS) is 12.1. The molecule has 2 nitrogen and oxygen atoms in total. The number of rotatable bonds is 2. The number of benzene rings is 1. The molecule has 0 amide bonds. The molecule has 0 saturated heterocycles. The van der Waals surface area contributed by atoms with Gasteiger partial charge in [0.1, 0.15) is 5.82 Å². The van der Waals surface area contributed by atoms with E-state index >= 15 is 0 Å². The maximum Gasteiger partial charge on any atom is 0.123 e. The Morgan fingerprint density at radius 2 is 2.00 bits per heavy atom. The molecule has 1 aromatic carbocycles. The van der Waals surface area contributed by atoms with Gasteiger partial charge in [-0.1, -0.05) is 12.1 Å². The van der Waals surface area contributed by atoms with Crippen LogP contribution in [0.5, 0.6) is 0 Å². The van der Waals surface area contributed by atoms with Gasteiger partial charge in [0.25, 0.3) is 0 Å². The number of nitriles is 1. The fourth-order valence-electron chi connectivity index (χ4n) is 0.920. The minimum atomic E-state index is -0.504. The molecule has 1 atom stereocenters. The second-order valence-electron chi connectivity index (χ2n) is 2.57. The first-order valence-corrected chi connectivity index (χ1v) is 3.62. The van der Waals surface area contributed by atoms with E-state index < -0.39 is 6.04 Å². The van der Waals surface area contributed by atoms with Crippen LogP contribution in [0.1, 0.15) is 5.56 Å². The largest absolute Gasteiger partial charge is 0.316 e. The number of nitrogens with zero attached hydrogens (tertiary/aromatic N) is 1. The third-order valence-corrected chi connectivity index (χ3v) is 1.53. The third-order valence-electron chi connectivity index (χ3n) is 1.53. The lowest BCUT2D eigenvalue weighted by Crippen LogP contribution is -2.19. The van der Waals surface area contributed by atoms with Gasteiger partial charge < -0.3 is 5.73 Å². The summed E-state index contributed by atoms with van der Waals surface area (Å²) in [4.78, 5) is 0. The van der Waals surface area contributed by atoms with Crippen molar-refractivity contribution in [3.63, 3.8) is 0 Å². The molecule has 0 bridgehead atoms. The highest BCUT2D eigenvalue weighted by molar-refractivity contribution is 5.18. The first kappa shape index (κ1) is 8.69. The Bertz CT molecular complexity index is 286. The van der Waals surface area contributed by atoms with E-state index in [0.29, 0.717) is 6.42 Å². The molecule has 1 unspecified atom stereocenters. The zero-order valence-electron chi connectivity index (χ0n) is 6.50. The molecule has 0 heterocycles. The van der Waals surface area contributed by atoms with Crippen molar-refractivity contribution in [2.24, 2.45) is 5.73 Å². The fourth-order valence-corrected chi connectivity index (χ4v) is 0.920. The fraction of sp³-hybridized carbons (Fsp3) is 0.222. The quantitative estimate of drug-likeness (QED) is 0.714. The van der Waals surface area contributed by atoms with Crippen molar-refractivity contribution in [1.82, 2.24) is 0 Å². The molecule has 0 aliphatic rings. The average molecular weight is 164 g/mol. The molecule has 0 saturated carbocycles. The van der Waals surface area contributed by atoms with Crippen molar-refractivity contribution in [3.05, 3.63) is 35.6 Å². The van der Waals surface area contributed by atoms with Crippen LogP contribution in [0.25, 0.3) is 0 Å². The second-order valence-corrected chi connectivity index (χ2v) is 2.57. The minimum Gasteiger partial charge on any atom is -0.316 e. The van der Waals surface area contributed by atoms with E-state index in [-0.39, 0.29) is 5.82 Å². The van der Waals surface area contributed by atoms with Gasteiger partial charge in [0.15, 0.2) is 0 Å². The second kappa shape index (κ2) is 3.84. The van der Waals surface area contributed by atoms with Gasteiger partial charge in [0.05, 0.1) is 12.1 Å². The van der Waals surface area contributed by atoms with E-state index in [4.69, 9.17) is 11.0 Å². The molecule has 0 aliphatic heterocycles. The van der Waals surface area contributed by atoms with Crippen molar-refractivity contribution >= 4 is 0 Å². The lowest BCUT2D eigenvalue weighted by Gasteiger charge is -2.01. The molecule has 0 aliphatic carbocycles. The highest BCUT2D eigenvalue weighted by Crippen LogP contribution is 2.04. The molecule has 62 valence electrons. The van der Waals surface area contributed by atoms with Crippen LogP contribution in [0, 0.1) is 17.1 Å². The average Bonchev–Trinajstić information content (AvgIpc) is 2.09. The summed E-state index contributed by atoms with van der Waals surface area (Å²) in [6, 6.07) is 7.39. The zero-order chi connectivity index (χ0) is 8.97. The Kier molecular flexibility index (Phi) is 2.78. The molecule has 0 radical (unpaired) electrons. The van der Waals surface area contributed by atoms with Crippen molar-refractivity contribution in [2.45, 2.75) is 12.5 Å². The summed E-state index contributed by atoms with van der Waals surface area (Å²) in [7, 11) is 0. The summed E-state index contributed by atoms with van der Waals surface area (Å²) >= 11 is 0. The number of halogens is 1. The molecule has 12 heavy (non-hydrogen) atoms. The van der Waals surface area contributed by atoms with Crippen LogP contribution >= 0.6 is 0 Å². The topological polar surface area (TPSA) is 49.8 Å². The highest BCUT2D eigenvalue weighted by atomic mass is 19.1. The summed E-state index contributed by atoms with van der Waals surface area (Å²) in [6.45, 7) is 0. The van der Waals surface area contributed by atoms with E-state index in [1.54, 1.807) is 12.1 Å². The number of nitrogens with two attached hydrogens (primary N) is 1. The Labute approximate surface area is 70.4 Å². The standard InChI is InChI=1S/C9H9FN2/c10-8-3-1-7(2-4-8)5-9(12)6-11/h1-4,9H,5,12H2. The smallest absolute Gasteiger partial charge is 0.123 e. The first-order chi connectivity index (χ1) is 5.72. The minimum absolute atomic E-state index is 0.274. The first-order valence-electron chi connectivity index (χ1n) is 3.62.